The smallest absolute Gasteiger partial charge is 0.234 e. The number of nitrogens with one attached hydrogen (secondary N) is 1. The van der Waals surface area contributed by atoms with Crippen LogP contribution in [-0.4, -0.2) is 11.9 Å². The summed E-state index contributed by atoms with van der Waals surface area (Å²) < 4.78 is 0. The second kappa shape index (κ2) is 5.82. The Bertz CT molecular complexity index is 370. The molecule has 2 atom stereocenters. The zero-order valence-electron chi connectivity index (χ0n) is 11.0. The predicted octanol–water partition coefficient (Wildman–Crippen LogP) is 2.33. The lowest BCUT2D eigenvalue weighted by molar-refractivity contribution is -0.119. The minimum Gasteiger partial charge on any atom is -0.368 e. The van der Waals surface area contributed by atoms with Gasteiger partial charge in [0.05, 0.1) is 6.04 Å². The number of primary amides is 1. The fourth-order valence-corrected chi connectivity index (χ4v) is 1.72. The molecule has 3 nitrogen and oxygen atoms in total. The third kappa shape index (κ3) is 3.86. The molecular formula is C14H22N2O. The highest BCUT2D eigenvalue weighted by Crippen LogP contribution is 2.18. The van der Waals surface area contributed by atoms with Gasteiger partial charge in [-0.15, -0.1) is 0 Å². The molecule has 0 saturated heterocycles. The molecule has 0 aliphatic heterocycles. The molecule has 3 N–H and O–H groups in total. The number of hydrogen-bond acceptors (Lipinski definition) is 2. The highest BCUT2D eigenvalue weighted by Gasteiger charge is 2.13. The van der Waals surface area contributed by atoms with Gasteiger partial charge in [-0.2, -0.15) is 0 Å². The van der Waals surface area contributed by atoms with Gasteiger partial charge in [0.2, 0.25) is 5.91 Å². The zero-order chi connectivity index (χ0) is 13.0. The quantitative estimate of drug-likeness (QED) is 0.821. The van der Waals surface area contributed by atoms with Gasteiger partial charge in [0, 0.05) is 6.04 Å². The lowest BCUT2D eigenvalue weighted by Crippen LogP contribution is -2.39. The van der Waals surface area contributed by atoms with Gasteiger partial charge in [0.15, 0.2) is 0 Å². The van der Waals surface area contributed by atoms with Crippen LogP contribution in [0.4, 0.5) is 0 Å². The average Bonchev–Trinajstić information content (AvgIpc) is 2.28. The van der Waals surface area contributed by atoms with Crippen molar-refractivity contribution in [2.75, 3.05) is 0 Å². The minimum atomic E-state index is -0.323. The Labute approximate surface area is 103 Å². The summed E-state index contributed by atoms with van der Waals surface area (Å²) >= 11 is 0. The lowest BCUT2D eigenvalue weighted by Gasteiger charge is -2.18. The van der Waals surface area contributed by atoms with Gasteiger partial charge in [0.25, 0.3) is 0 Å². The van der Waals surface area contributed by atoms with Crippen molar-refractivity contribution in [3.8, 4) is 0 Å². The fourth-order valence-electron chi connectivity index (χ4n) is 1.72. The zero-order valence-corrected chi connectivity index (χ0v) is 11.0. The number of nitrogens with two attached hydrogens (primary N) is 1. The summed E-state index contributed by atoms with van der Waals surface area (Å²) in [6.07, 6.45) is 0. The first-order valence-corrected chi connectivity index (χ1v) is 6.07. The molecule has 1 aromatic rings. The Morgan fingerprint density at radius 1 is 1.06 bits per heavy atom. The highest BCUT2D eigenvalue weighted by molar-refractivity contribution is 5.79. The molecule has 0 fully saturated rings. The molecule has 0 spiro atoms. The Balaban J connectivity index is 2.69. The van der Waals surface area contributed by atoms with E-state index in [9.17, 15) is 4.79 Å². The maximum absolute atomic E-state index is 11.0. The first-order chi connectivity index (χ1) is 7.91. The van der Waals surface area contributed by atoms with E-state index in [1.54, 1.807) is 6.92 Å². The van der Waals surface area contributed by atoms with Crippen molar-refractivity contribution in [1.82, 2.24) is 5.32 Å². The van der Waals surface area contributed by atoms with E-state index in [-0.39, 0.29) is 18.0 Å². The summed E-state index contributed by atoms with van der Waals surface area (Å²) in [5, 5.41) is 3.17. The largest absolute Gasteiger partial charge is 0.368 e. The van der Waals surface area contributed by atoms with Gasteiger partial charge in [-0.3, -0.25) is 10.1 Å². The lowest BCUT2D eigenvalue weighted by atomic mass is 9.99. The number of rotatable bonds is 5. The summed E-state index contributed by atoms with van der Waals surface area (Å²) in [6.45, 7) is 8.16. The van der Waals surface area contributed by atoms with E-state index in [0.717, 1.165) is 0 Å². The SMILES string of the molecule is CC(NC(C)c1ccc(C(C)C)cc1)C(N)=O. The molecule has 0 aromatic heterocycles. The van der Waals surface area contributed by atoms with Crippen molar-refractivity contribution in [1.29, 1.82) is 0 Å². The summed E-state index contributed by atoms with van der Waals surface area (Å²) in [6, 6.07) is 8.27. The van der Waals surface area contributed by atoms with Crippen molar-refractivity contribution in [3.63, 3.8) is 0 Å². The van der Waals surface area contributed by atoms with Crippen molar-refractivity contribution in [2.45, 2.75) is 45.7 Å². The van der Waals surface area contributed by atoms with E-state index in [0.29, 0.717) is 5.92 Å². The van der Waals surface area contributed by atoms with E-state index < -0.39 is 0 Å². The molecule has 0 aliphatic carbocycles. The molecule has 3 heteroatoms. The monoisotopic (exact) mass is 234 g/mol. The maximum atomic E-state index is 11.0. The van der Waals surface area contributed by atoms with E-state index in [1.807, 2.05) is 6.92 Å². The van der Waals surface area contributed by atoms with Gasteiger partial charge in [-0.1, -0.05) is 38.1 Å². The maximum Gasteiger partial charge on any atom is 0.234 e. The topological polar surface area (TPSA) is 55.1 Å². The van der Waals surface area contributed by atoms with Crippen LogP contribution in [-0.2, 0) is 4.79 Å². The molecule has 1 amide bonds. The van der Waals surface area contributed by atoms with E-state index in [1.165, 1.54) is 11.1 Å². The van der Waals surface area contributed by atoms with Gasteiger partial charge < -0.3 is 5.73 Å². The van der Waals surface area contributed by atoms with E-state index in [4.69, 9.17) is 5.73 Å². The van der Waals surface area contributed by atoms with Crippen LogP contribution in [0.3, 0.4) is 0 Å². The standard InChI is InChI=1S/C14H22N2O/c1-9(2)12-5-7-13(8-6-12)10(3)16-11(4)14(15)17/h5-11,16H,1-4H3,(H2,15,17). The molecule has 2 unspecified atom stereocenters. The number of amides is 1. The Morgan fingerprint density at radius 3 is 1.94 bits per heavy atom. The van der Waals surface area contributed by atoms with Crippen LogP contribution in [0.2, 0.25) is 0 Å². The molecule has 94 valence electrons. The Hall–Kier alpha value is -1.35. The van der Waals surface area contributed by atoms with E-state index in [2.05, 4.69) is 43.4 Å². The number of benzene rings is 1. The highest BCUT2D eigenvalue weighted by atomic mass is 16.1. The molecule has 0 radical (unpaired) electrons. The van der Waals surface area contributed by atoms with E-state index >= 15 is 0 Å². The molecule has 1 rings (SSSR count). The van der Waals surface area contributed by atoms with Crippen molar-refractivity contribution >= 4 is 5.91 Å². The van der Waals surface area contributed by atoms with Gasteiger partial charge >= 0.3 is 0 Å². The average molecular weight is 234 g/mol. The van der Waals surface area contributed by atoms with Crippen molar-refractivity contribution in [3.05, 3.63) is 35.4 Å². The first-order valence-electron chi connectivity index (χ1n) is 6.07. The summed E-state index contributed by atoms with van der Waals surface area (Å²) in [5.74, 6) is 0.215. The van der Waals surface area contributed by atoms with Crippen LogP contribution in [0.25, 0.3) is 0 Å². The number of hydrogen-bond donors (Lipinski definition) is 2. The third-order valence-electron chi connectivity index (χ3n) is 3.03. The van der Waals surface area contributed by atoms with Gasteiger partial charge in [-0.05, 0) is 30.9 Å². The first kappa shape index (κ1) is 13.7. The number of carbonyl (C=O) groups excluding carboxylic acids is 1. The van der Waals surface area contributed by atoms with Gasteiger partial charge in [-0.25, -0.2) is 0 Å². The summed E-state index contributed by atoms with van der Waals surface area (Å²) in [7, 11) is 0. The summed E-state index contributed by atoms with van der Waals surface area (Å²) in [5.41, 5.74) is 7.72. The third-order valence-corrected chi connectivity index (χ3v) is 3.03. The second-order valence-electron chi connectivity index (χ2n) is 4.83. The van der Waals surface area contributed by atoms with Crippen LogP contribution < -0.4 is 11.1 Å². The van der Waals surface area contributed by atoms with Crippen molar-refractivity contribution in [2.24, 2.45) is 5.73 Å². The van der Waals surface area contributed by atoms with Crippen molar-refractivity contribution < 1.29 is 4.79 Å². The summed E-state index contributed by atoms with van der Waals surface area (Å²) in [4.78, 5) is 11.0. The molecule has 0 aliphatic rings. The van der Waals surface area contributed by atoms with Crippen LogP contribution in [0.15, 0.2) is 24.3 Å². The molecule has 0 heterocycles. The predicted molar refractivity (Wildman–Crippen MR) is 70.7 cm³/mol. The second-order valence-corrected chi connectivity index (χ2v) is 4.83. The Kier molecular flexibility index (Phi) is 4.70. The minimum absolute atomic E-state index is 0.124. The molecule has 0 saturated carbocycles. The van der Waals surface area contributed by atoms with Crippen LogP contribution in [0, 0.1) is 0 Å². The van der Waals surface area contributed by atoms with Crippen LogP contribution in [0.5, 0.6) is 0 Å². The van der Waals surface area contributed by atoms with Crippen LogP contribution >= 0.6 is 0 Å². The molecule has 0 bridgehead atoms. The molecule has 1 aromatic carbocycles. The molecular weight excluding hydrogens is 212 g/mol. The Morgan fingerprint density at radius 2 is 1.53 bits per heavy atom. The normalized spacial score (nSPS) is 14.6. The van der Waals surface area contributed by atoms with Gasteiger partial charge in [0.1, 0.15) is 0 Å². The fraction of sp³-hybridized carbons (Fsp3) is 0.500. The number of carbonyl (C=O) groups is 1. The van der Waals surface area contributed by atoms with Crippen LogP contribution in [0.1, 0.15) is 50.8 Å². The molecule has 17 heavy (non-hydrogen) atoms.